The van der Waals surface area contributed by atoms with Crippen molar-refractivity contribution in [2.75, 3.05) is 25.5 Å². The molecule has 0 aliphatic rings. The second-order valence-electron chi connectivity index (χ2n) is 4.26. The van der Waals surface area contributed by atoms with Crippen LogP contribution in [0.4, 0.5) is 5.69 Å². The van der Waals surface area contributed by atoms with E-state index < -0.39 is 0 Å². The summed E-state index contributed by atoms with van der Waals surface area (Å²) in [5.41, 5.74) is 7.76. The van der Waals surface area contributed by atoms with Crippen LogP contribution in [0.3, 0.4) is 0 Å². The lowest BCUT2D eigenvalue weighted by molar-refractivity contribution is 0.0913. The Morgan fingerprint density at radius 3 is 2.83 bits per heavy atom. The van der Waals surface area contributed by atoms with Crippen molar-refractivity contribution in [3.8, 4) is 0 Å². The van der Waals surface area contributed by atoms with Crippen molar-refractivity contribution in [3.05, 3.63) is 29.3 Å². The fourth-order valence-electron chi connectivity index (χ4n) is 1.67. The molecule has 0 spiro atoms. The van der Waals surface area contributed by atoms with Crippen LogP contribution in [-0.4, -0.2) is 25.7 Å². The van der Waals surface area contributed by atoms with Gasteiger partial charge in [0, 0.05) is 18.8 Å². The number of amides is 1. The van der Waals surface area contributed by atoms with Gasteiger partial charge in [-0.25, -0.2) is 0 Å². The van der Waals surface area contributed by atoms with Gasteiger partial charge in [0.15, 0.2) is 0 Å². The van der Waals surface area contributed by atoms with Crippen LogP contribution in [-0.2, 0) is 4.74 Å². The number of rotatable bonds is 7. The molecule has 4 heteroatoms. The Bertz CT molecular complexity index is 371. The normalized spacial score (nSPS) is 10.3. The van der Waals surface area contributed by atoms with E-state index >= 15 is 0 Å². The minimum absolute atomic E-state index is 0.135. The number of unbranched alkanes of at least 4 members (excludes halogenated alkanes) is 1. The summed E-state index contributed by atoms with van der Waals surface area (Å²) < 4.78 is 5.37. The summed E-state index contributed by atoms with van der Waals surface area (Å²) in [6.45, 7) is 5.79. The number of nitrogens with one attached hydrogen (secondary N) is 1. The predicted octanol–water partition coefficient (Wildman–Crippen LogP) is 2.12. The van der Waals surface area contributed by atoms with Crippen LogP contribution in [0.5, 0.6) is 0 Å². The highest BCUT2D eigenvalue weighted by Gasteiger charge is 2.11. The number of benzene rings is 1. The first-order valence-electron chi connectivity index (χ1n) is 6.37. The molecule has 1 aromatic rings. The first-order valence-corrected chi connectivity index (χ1v) is 6.37. The van der Waals surface area contributed by atoms with Crippen LogP contribution < -0.4 is 11.1 Å². The number of anilines is 1. The molecule has 1 amide bonds. The van der Waals surface area contributed by atoms with E-state index in [4.69, 9.17) is 10.5 Å². The summed E-state index contributed by atoms with van der Waals surface area (Å²) in [6.07, 6.45) is 2.17. The molecule has 0 saturated heterocycles. The summed E-state index contributed by atoms with van der Waals surface area (Å²) in [4.78, 5) is 11.9. The van der Waals surface area contributed by atoms with Crippen molar-refractivity contribution in [2.24, 2.45) is 0 Å². The zero-order valence-electron chi connectivity index (χ0n) is 11.2. The van der Waals surface area contributed by atoms with Gasteiger partial charge in [-0.15, -0.1) is 0 Å². The topological polar surface area (TPSA) is 64.3 Å². The number of hydrogen-bond acceptors (Lipinski definition) is 3. The molecule has 0 unspecified atom stereocenters. The number of nitrogen functional groups attached to an aromatic ring is 1. The van der Waals surface area contributed by atoms with Crippen LogP contribution in [0.1, 0.15) is 35.7 Å². The average Bonchev–Trinajstić information content (AvgIpc) is 2.33. The van der Waals surface area contributed by atoms with Gasteiger partial charge in [0.1, 0.15) is 0 Å². The fourth-order valence-corrected chi connectivity index (χ4v) is 1.67. The standard InChI is InChI=1S/C14H22N2O2/c1-3-4-9-18-10-8-16-14(17)13-11(2)6-5-7-12(13)15/h5-7H,3-4,8-10,15H2,1-2H3,(H,16,17). The van der Waals surface area contributed by atoms with Crippen molar-refractivity contribution >= 4 is 11.6 Å². The molecular formula is C14H22N2O2. The summed E-state index contributed by atoms with van der Waals surface area (Å²) in [5, 5.41) is 2.81. The second kappa shape index (κ2) is 7.71. The molecule has 0 radical (unpaired) electrons. The molecule has 1 aromatic carbocycles. The predicted molar refractivity (Wildman–Crippen MR) is 73.7 cm³/mol. The van der Waals surface area contributed by atoms with Gasteiger partial charge < -0.3 is 15.8 Å². The number of nitrogens with two attached hydrogens (primary N) is 1. The molecule has 0 aromatic heterocycles. The molecule has 18 heavy (non-hydrogen) atoms. The molecular weight excluding hydrogens is 228 g/mol. The summed E-state index contributed by atoms with van der Waals surface area (Å²) >= 11 is 0. The maximum absolute atomic E-state index is 11.9. The third-order valence-electron chi connectivity index (χ3n) is 2.71. The lowest BCUT2D eigenvalue weighted by Gasteiger charge is -2.10. The molecule has 3 N–H and O–H groups in total. The van der Waals surface area contributed by atoms with Crippen molar-refractivity contribution in [3.63, 3.8) is 0 Å². The zero-order chi connectivity index (χ0) is 13.4. The number of carbonyl (C=O) groups is 1. The highest BCUT2D eigenvalue weighted by molar-refractivity contribution is 6.00. The number of carbonyl (C=O) groups excluding carboxylic acids is 1. The molecule has 0 aliphatic carbocycles. The highest BCUT2D eigenvalue weighted by atomic mass is 16.5. The van der Waals surface area contributed by atoms with Crippen LogP contribution in [0.2, 0.25) is 0 Å². The van der Waals surface area contributed by atoms with Crippen LogP contribution in [0.25, 0.3) is 0 Å². The van der Waals surface area contributed by atoms with E-state index in [1.54, 1.807) is 6.07 Å². The molecule has 0 fully saturated rings. The molecule has 0 aliphatic heterocycles. The van der Waals surface area contributed by atoms with Crippen molar-refractivity contribution in [1.29, 1.82) is 0 Å². The lowest BCUT2D eigenvalue weighted by Crippen LogP contribution is -2.28. The van der Waals surface area contributed by atoms with Gasteiger partial charge in [-0.3, -0.25) is 4.79 Å². The van der Waals surface area contributed by atoms with Crippen molar-refractivity contribution in [1.82, 2.24) is 5.32 Å². The molecule has 0 saturated carbocycles. The fraction of sp³-hybridized carbons (Fsp3) is 0.500. The van der Waals surface area contributed by atoms with Crippen molar-refractivity contribution in [2.45, 2.75) is 26.7 Å². The maximum Gasteiger partial charge on any atom is 0.253 e. The molecule has 0 heterocycles. The molecule has 0 bridgehead atoms. The largest absolute Gasteiger partial charge is 0.398 e. The van der Waals surface area contributed by atoms with E-state index in [2.05, 4.69) is 12.2 Å². The van der Waals surface area contributed by atoms with Crippen molar-refractivity contribution < 1.29 is 9.53 Å². The van der Waals surface area contributed by atoms with E-state index in [1.165, 1.54) is 0 Å². The Kier molecular flexibility index (Phi) is 6.22. The average molecular weight is 250 g/mol. The Hall–Kier alpha value is -1.55. The van der Waals surface area contributed by atoms with Gasteiger partial charge in [-0.1, -0.05) is 25.5 Å². The quantitative estimate of drug-likeness (QED) is 0.575. The molecule has 0 atom stereocenters. The summed E-state index contributed by atoms with van der Waals surface area (Å²) in [7, 11) is 0. The number of aryl methyl sites for hydroxylation is 1. The van der Waals surface area contributed by atoms with Crippen LogP contribution in [0, 0.1) is 6.92 Å². The van der Waals surface area contributed by atoms with Crippen LogP contribution >= 0.6 is 0 Å². The van der Waals surface area contributed by atoms with Crippen LogP contribution in [0.15, 0.2) is 18.2 Å². The van der Waals surface area contributed by atoms with E-state index in [-0.39, 0.29) is 5.91 Å². The summed E-state index contributed by atoms with van der Waals surface area (Å²) in [6, 6.07) is 5.46. The van der Waals surface area contributed by atoms with Gasteiger partial charge in [0.2, 0.25) is 0 Å². The minimum Gasteiger partial charge on any atom is -0.398 e. The maximum atomic E-state index is 11.9. The zero-order valence-corrected chi connectivity index (χ0v) is 11.2. The Labute approximate surface area is 109 Å². The highest BCUT2D eigenvalue weighted by Crippen LogP contribution is 2.15. The van der Waals surface area contributed by atoms with Gasteiger partial charge in [-0.2, -0.15) is 0 Å². The van der Waals surface area contributed by atoms with Gasteiger partial charge in [0.25, 0.3) is 5.91 Å². The first-order chi connectivity index (χ1) is 8.66. The van der Waals surface area contributed by atoms with E-state index in [0.717, 1.165) is 25.0 Å². The molecule has 100 valence electrons. The smallest absolute Gasteiger partial charge is 0.253 e. The number of hydrogen-bond donors (Lipinski definition) is 2. The Balaban J connectivity index is 2.37. The van der Waals surface area contributed by atoms with E-state index in [0.29, 0.717) is 24.4 Å². The first kappa shape index (κ1) is 14.5. The van der Waals surface area contributed by atoms with E-state index in [1.807, 2.05) is 19.1 Å². The monoisotopic (exact) mass is 250 g/mol. The lowest BCUT2D eigenvalue weighted by atomic mass is 10.1. The van der Waals surface area contributed by atoms with Gasteiger partial charge in [-0.05, 0) is 25.0 Å². The van der Waals surface area contributed by atoms with Gasteiger partial charge in [0.05, 0.1) is 12.2 Å². The molecule has 1 rings (SSSR count). The minimum atomic E-state index is -0.135. The Morgan fingerprint density at radius 2 is 2.17 bits per heavy atom. The SMILES string of the molecule is CCCCOCCNC(=O)c1c(C)cccc1N. The number of ether oxygens (including phenoxy) is 1. The molecule has 4 nitrogen and oxygen atoms in total. The van der Waals surface area contributed by atoms with Gasteiger partial charge >= 0.3 is 0 Å². The third kappa shape index (κ3) is 4.37. The third-order valence-corrected chi connectivity index (χ3v) is 2.71. The van der Waals surface area contributed by atoms with E-state index in [9.17, 15) is 4.79 Å². The Morgan fingerprint density at radius 1 is 1.39 bits per heavy atom. The second-order valence-corrected chi connectivity index (χ2v) is 4.26. The summed E-state index contributed by atoms with van der Waals surface area (Å²) in [5.74, 6) is -0.135.